The molecule has 0 aliphatic heterocycles. The van der Waals surface area contributed by atoms with E-state index in [9.17, 15) is 0 Å². The van der Waals surface area contributed by atoms with E-state index in [1.54, 1.807) is 25.7 Å². The second-order valence-corrected chi connectivity index (χ2v) is 3.60. The van der Waals surface area contributed by atoms with E-state index in [2.05, 4.69) is 15.0 Å². The third-order valence-electron chi connectivity index (χ3n) is 2.36. The Hall–Kier alpha value is -2.01. The lowest BCUT2D eigenvalue weighted by Gasteiger charge is -2.02. The van der Waals surface area contributed by atoms with Gasteiger partial charge in [0, 0.05) is 43.2 Å². The van der Waals surface area contributed by atoms with Gasteiger partial charge < -0.3 is 10.5 Å². The number of aromatic nitrogens is 3. The number of pyridine rings is 1. The van der Waals surface area contributed by atoms with Crippen LogP contribution >= 0.6 is 0 Å². The fraction of sp³-hybridized carbons (Fsp3) is 0.250. The maximum atomic E-state index is 5.48. The molecule has 2 rings (SSSR count). The Balaban J connectivity index is 2.08. The number of rotatable bonds is 4. The van der Waals surface area contributed by atoms with Gasteiger partial charge in [-0.3, -0.25) is 0 Å². The van der Waals surface area contributed by atoms with Crippen LogP contribution in [0.2, 0.25) is 0 Å². The molecule has 0 radical (unpaired) electrons. The van der Waals surface area contributed by atoms with Crippen LogP contribution in [-0.2, 0) is 13.0 Å². The number of hydrogen-bond donors (Lipinski definition) is 1. The molecule has 0 aliphatic rings. The first-order chi connectivity index (χ1) is 8.31. The summed E-state index contributed by atoms with van der Waals surface area (Å²) < 4.78 is 4.99. The van der Waals surface area contributed by atoms with Crippen LogP contribution in [0.25, 0.3) is 0 Å². The molecule has 2 aromatic heterocycles. The molecule has 0 spiro atoms. The molecule has 2 N–H and O–H groups in total. The zero-order valence-corrected chi connectivity index (χ0v) is 9.63. The van der Waals surface area contributed by atoms with Gasteiger partial charge in [-0.25, -0.2) is 15.0 Å². The number of nitrogens with zero attached hydrogens (tertiary/aromatic N) is 3. The fourth-order valence-corrected chi connectivity index (χ4v) is 1.40. The molecule has 0 fully saturated rings. The molecule has 0 unspecified atom stereocenters. The zero-order valence-electron chi connectivity index (χ0n) is 9.63. The Bertz CT molecular complexity index is 421. The summed E-state index contributed by atoms with van der Waals surface area (Å²) in [4.78, 5) is 12.6. The molecule has 5 heteroatoms. The Morgan fingerprint density at radius 1 is 1.06 bits per heavy atom. The summed E-state index contributed by atoms with van der Waals surface area (Å²) in [5.41, 5.74) is 7.46. The molecule has 5 nitrogen and oxygen atoms in total. The van der Waals surface area contributed by atoms with Crippen LogP contribution in [-0.4, -0.2) is 22.1 Å². The van der Waals surface area contributed by atoms with Crippen LogP contribution in [0.5, 0.6) is 5.88 Å². The molecule has 2 aromatic rings. The molecule has 88 valence electrons. The van der Waals surface area contributed by atoms with Crippen LogP contribution in [0.1, 0.15) is 17.0 Å². The summed E-state index contributed by atoms with van der Waals surface area (Å²) >= 11 is 0. The van der Waals surface area contributed by atoms with Gasteiger partial charge in [0.15, 0.2) is 0 Å². The van der Waals surface area contributed by atoms with Crippen LogP contribution in [0.4, 0.5) is 0 Å². The number of nitrogens with two attached hydrogens (primary N) is 1. The third kappa shape index (κ3) is 2.98. The minimum absolute atomic E-state index is 0.463. The molecule has 17 heavy (non-hydrogen) atoms. The highest BCUT2D eigenvalue weighted by Crippen LogP contribution is 2.09. The van der Waals surface area contributed by atoms with Gasteiger partial charge in [0.2, 0.25) is 5.88 Å². The van der Waals surface area contributed by atoms with Crippen molar-refractivity contribution < 1.29 is 4.74 Å². The van der Waals surface area contributed by atoms with Crippen molar-refractivity contribution in [3.05, 3.63) is 47.7 Å². The number of methoxy groups -OCH3 is 1. The predicted molar refractivity (Wildman–Crippen MR) is 63.5 cm³/mol. The summed E-state index contributed by atoms with van der Waals surface area (Å²) in [6.07, 6.45) is 5.92. The lowest BCUT2D eigenvalue weighted by Crippen LogP contribution is -2.02. The third-order valence-corrected chi connectivity index (χ3v) is 2.36. The normalized spacial score (nSPS) is 10.2. The zero-order chi connectivity index (χ0) is 12.1. The molecule has 2 heterocycles. The monoisotopic (exact) mass is 230 g/mol. The van der Waals surface area contributed by atoms with E-state index < -0.39 is 0 Å². The molecule has 0 aromatic carbocycles. The average Bonchev–Trinajstić information content (AvgIpc) is 2.40. The van der Waals surface area contributed by atoms with Crippen molar-refractivity contribution in [2.75, 3.05) is 7.11 Å². The summed E-state index contributed by atoms with van der Waals surface area (Å²) in [5, 5.41) is 0. The average molecular weight is 230 g/mol. The smallest absolute Gasteiger partial charge is 0.212 e. The Kier molecular flexibility index (Phi) is 3.62. The predicted octanol–water partition coefficient (Wildman–Crippen LogP) is 0.930. The van der Waals surface area contributed by atoms with Crippen molar-refractivity contribution >= 4 is 0 Å². The first kappa shape index (κ1) is 11.5. The van der Waals surface area contributed by atoms with Crippen molar-refractivity contribution in [2.45, 2.75) is 13.0 Å². The highest BCUT2D eigenvalue weighted by atomic mass is 16.5. The van der Waals surface area contributed by atoms with Crippen molar-refractivity contribution in [3.63, 3.8) is 0 Å². The van der Waals surface area contributed by atoms with Crippen molar-refractivity contribution in [1.29, 1.82) is 0 Å². The molecule has 0 aliphatic carbocycles. The second-order valence-electron chi connectivity index (χ2n) is 3.60. The van der Waals surface area contributed by atoms with Gasteiger partial charge in [-0.15, -0.1) is 0 Å². The van der Waals surface area contributed by atoms with Gasteiger partial charge >= 0.3 is 0 Å². The standard InChI is InChI=1S/C12H14N4O/c1-17-12-3-2-9(6-16-12)4-11-14-7-10(5-13)8-15-11/h2-3,6-8H,4-5,13H2,1H3. The minimum atomic E-state index is 0.463. The summed E-state index contributed by atoms with van der Waals surface area (Å²) in [6, 6.07) is 3.77. The molecule has 0 amide bonds. The maximum absolute atomic E-state index is 5.48. The highest BCUT2D eigenvalue weighted by molar-refractivity contribution is 5.21. The molecular weight excluding hydrogens is 216 g/mol. The van der Waals surface area contributed by atoms with Crippen LogP contribution in [0.15, 0.2) is 30.7 Å². The quantitative estimate of drug-likeness (QED) is 0.845. The van der Waals surface area contributed by atoms with Gasteiger partial charge in [-0.05, 0) is 5.56 Å². The van der Waals surface area contributed by atoms with E-state index in [1.807, 2.05) is 12.1 Å². The largest absolute Gasteiger partial charge is 0.481 e. The number of ether oxygens (including phenoxy) is 1. The van der Waals surface area contributed by atoms with E-state index in [-0.39, 0.29) is 0 Å². The van der Waals surface area contributed by atoms with E-state index in [0.717, 1.165) is 17.0 Å². The van der Waals surface area contributed by atoms with Crippen LogP contribution in [0, 0.1) is 0 Å². The van der Waals surface area contributed by atoms with Crippen molar-refractivity contribution in [3.8, 4) is 5.88 Å². The Labute approximate surface area is 99.7 Å². The highest BCUT2D eigenvalue weighted by Gasteiger charge is 2.01. The van der Waals surface area contributed by atoms with Crippen LogP contribution < -0.4 is 10.5 Å². The van der Waals surface area contributed by atoms with E-state index >= 15 is 0 Å². The molecule has 0 atom stereocenters. The van der Waals surface area contributed by atoms with E-state index in [0.29, 0.717) is 18.8 Å². The molecular formula is C12H14N4O. The van der Waals surface area contributed by atoms with Crippen molar-refractivity contribution in [1.82, 2.24) is 15.0 Å². The first-order valence-corrected chi connectivity index (χ1v) is 5.30. The first-order valence-electron chi connectivity index (χ1n) is 5.30. The van der Waals surface area contributed by atoms with Gasteiger partial charge in [-0.1, -0.05) is 6.07 Å². The lowest BCUT2D eigenvalue weighted by atomic mass is 10.2. The van der Waals surface area contributed by atoms with Gasteiger partial charge in [0.05, 0.1) is 7.11 Å². The Morgan fingerprint density at radius 2 is 1.76 bits per heavy atom. The minimum Gasteiger partial charge on any atom is -0.481 e. The molecule has 0 saturated carbocycles. The lowest BCUT2D eigenvalue weighted by molar-refractivity contribution is 0.397. The second kappa shape index (κ2) is 5.36. The van der Waals surface area contributed by atoms with Crippen LogP contribution in [0.3, 0.4) is 0 Å². The van der Waals surface area contributed by atoms with Gasteiger partial charge in [-0.2, -0.15) is 0 Å². The summed E-state index contributed by atoms with van der Waals surface area (Å²) in [5.74, 6) is 1.36. The summed E-state index contributed by atoms with van der Waals surface area (Å²) in [6.45, 7) is 0.463. The maximum Gasteiger partial charge on any atom is 0.212 e. The molecule has 0 saturated heterocycles. The molecule has 0 bridgehead atoms. The fourth-order valence-electron chi connectivity index (χ4n) is 1.40. The SMILES string of the molecule is COc1ccc(Cc2ncc(CN)cn2)cn1. The van der Waals surface area contributed by atoms with E-state index in [4.69, 9.17) is 10.5 Å². The van der Waals surface area contributed by atoms with Gasteiger partial charge in [0.1, 0.15) is 5.82 Å². The topological polar surface area (TPSA) is 73.9 Å². The van der Waals surface area contributed by atoms with Crippen molar-refractivity contribution in [2.24, 2.45) is 5.73 Å². The van der Waals surface area contributed by atoms with Gasteiger partial charge in [0.25, 0.3) is 0 Å². The number of hydrogen-bond acceptors (Lipinski definition) is 5. The summed E-state index contributed by atoms with van der Waals surface area (Å²) in [7, 11) is 1.59. The van der Waals surface area contributed by atoms with E-state index in [1.165, 1.54) is 0 Å². The Morgan fingerprint density at radius 3 is 2.29 bits per heavy atom.